The normalized spacial score (nSPS) is 12.0. The molecule has 3 aromatic rings. The maximum Gasteiger partial charge on any atom is 0.294 e. The summed E-state index contributed by atoms with van der Waals surface area (Å²) in [5, 5.41) is 17.8. The van der Waals surface area contributed by atoms with Gasteiger partial charge in [0.25, 0.3) is 5.09 Å². The van der Waals surface area contributed by atoms with E-state index in [0.29, 0.717) is 5.69 Å². The van der Waals surface area contributed by atoms with Gasteiger partial charge in [-0.2, -0.15) is 0 Å². The van der Waals surface area contributed by atoms with Crippen LogP contribution in [-0.4, -0.2) is 36.7 Å². The fourth-order valence-corrected chi connectivity index (χ4v) is 3.09. The van der Waals surface area contributed by atoms with E-state index in [-0.39, 0.29) is 6.61 Å². The second-order valence-electron chi connectivity index (χ2n) is 4.64. The molecule has 3 rings (SSSR count). The van der Waals surface area contributed by atoms with E-state index in [1.165, 1.54) is 11.3 Å². The van der Waals surface area contributed by atoms with E-state index < -0.39 is 11.1 Å². The number of aromatic nitrogens is 5. The third kappa shape index (κ3) is 3.16. The van der Waals surface area contributed by atoms with E-state index in [2.05, 4.69) is 25.1 Å². The summed E-state index contributed by atoms with van der Waals surface area (Å²) in [4.78, 5) is 24.3. The molecule has 0 saturated carbocycles. The molecule has 118 valence electrons. The molecular formula is C13H12N6O3S. The molecule has 9 nitrogen and oxygen atoms in total. The molecule has 23 heavy (non-hydrogen) atoms. The quantitative estimate of drug-likeness (QED) is 0.501. The van der Waals surface area contributed by atoms with Gasteiger partial charge in [0.2, 0.25) is 0 Å². The van der Waals surface area contributed by atoms with Crippen LogP contribution < -0.4 is 0 Å². The molecule has 1 atom stereocenters. The van der Waals surface area contributed by atoms with Crippen molar-refractivity contribution in [2.75, 3.05) is 6.61 Å². The lowest BCUT2D eigenvalue weighted by Crippen LogP contribution is -2.21. The van der Waals surface area contributed by atoms with Crippen molar-refractivity contribution in [1.82, 2.24) is 25.0 Å². The summed E-state index contributed by atoms with van der Waals surface area (Å²) in [6.07, 6.45) is 4.94. The van der Waals surface area contributed by atoms with Crippen LogP contribution in [0.4, 0.5) is 0 Å². The summed E-state index contributed by atoms with van der Waals surface area (Å²) in [5.41, 5.74) is 3.97. The van der Waals surface area contributed by atoms with Crippen molar-refractivity contribution < 1.29 is 9.92 Å². The number of thiazole rings is 1. The highest BCUT2D eigenvalue weighted by atomic mass is 32.1. The van der Waals surface area contributed by atoms with Gasteiger partial charge in [-0.3, -0.25) is 4.98 Å². The molecule has 3 heterocycles. The minimum atomic E-state index is -0.815. The highest BCUT2D eigenvalue weighted by Gasteiger charge is 2.24. The van der Waals surface area contributed by atoms with Gasteiger partial charge in [0.1, 0.15) is 12.6 Å². The second-order valence-corrected chi connectivity index (χ2v) is 5.53. The molecule has 0 fully saturated rings. The first-order chi connectivity index (χ1) is 11.2. The fourth-order valence-electron chi connectivity index (χ4n) is 2.21. The zero-order chi connectivity index (χ0) is 16.2. The maximum atomic E-state index is 10.6. The summed E-state index contributed by atoms with van der Waals surface area (Å²) in [7, 11) is 0. The molecule has 0 spiro atoms. The molecule has 1 unspecified atom stereocenters. The van der Waals surface area contributed by atoms with Gasteiger partial charge in [0.15, 0.2) is 0 Å². The van der Waals surface area contributed by atoms with Crippen LogP contribution in [0.2, 0.25) is 0 Å². The largest absolute Gasteiger partial charge is 0.311 e. The number of hydrogen-bond donors (Lipinski definition) is 0. The van der Waals surface area contributed by atoms with Crippen LogP contribution in [0.5, 0.6) is 0 Å². The average molecular weight is 332 g/mol. The van der Waals surface area contributed by atoms with Crippen molar-refractivity contribution in [3.05, 3.63) is 56.9 Å². The fraction of sp³-hybridized carbons (Fsp3) is 0.231. The maximum absolute atomic E-state index is 10.6. The number of rotatable bonds is 6. The van der Waals surface area contributed by atoms with E-state index in [0.717, 1.165) is 16.1 Å². The minimum Gasteiger partial charge on any atom is -0.311 e. The van der Waals surface area contributed by atoms with Crippen molar-refractivity contribution >= 4 is 11.3 Å². The first-order valence-corrected chi connectivity index (χ1v) is 7.52. The monoisotopic (exact) mass is 332 g/mol. The number of pyridine rings is 1. The molecule has 0 aliphatic heterocycles. The lowest BCUT2D eigenvalue weighted by atomic mass is 10.2. The summed E-state index contributed by atoms with van der Waals surface area (Å²) in [6.45, 7) is 1.67. The molecule has 0 aromatic carbocycles. The van der Waals surface area contributed by atoms with Gasteiger partial charge in [0, 0.05) is 18.0 Å². The second kappa shape index (κ2) is 6.48. The first kappa shape index (κ1) is 15.0. The van der Waals surface area contributed by atoms with Gasteiger partial charge in [-0.25, -0.2) is 9.67 Å². The smallest absolute Gasteiger partial charge is 0.294 e. The Kier molecular flexibility index (Phi) is 4.24. The Hall–Kier alpha value is -2.88. The summed E-state index contributed by atoms with van der Waals surface area (Å²) < 4.78 is 1.60. The van der Waals surface area contributed by atoms with Crippen LogP contribution >= 0.6 is 11.3 Å². The Bertz CT molecular complexity index is 803. The van der Waals surface area contributed by atoms with Crippen LogP contribution in [0.1, 0.15) is 16.6 Å². The third-order valence-electron chi connectivity index (χ3n) is 3.25. The van der Waals surface area contributed by atoms with E-state index in [4.69, 9.17) is 0 Å². The van der Waals surface area contributed by atoms with Crippen molar-refractivity contribution in [3.63, 3.8) is 0 Å². The molecule has 0 aliphatic carbocycles. The predicted octanol–water partition coefficient (Wildman–Crippen LogP) is 1.90. The van der Waals surface area contributed by atoms with Crippen LogP contribution in [0, 0.1) is 17.0 Å². The van der Waals surface area contributed by atoms with Gasteiger partial charge in [0.05, 0.1) is 28.0 Å². The Balaban J connectivity index is 2.03. The lowest BCUT2D eigenvalue weighted by Gasteiger charge is -2.17. The molecule has 0 bridgehead atoms. The Labute approximate surface area is 134 Å². The van der Waals surface area contributed by atoms with Crippen LogP contribution in [0.25, 0.3) is 11.3 Å². The topological polar surface area (TPSA) is 109 Å². The zero-order valence-corrected chi connectivity index (χ0v) is 12.9. The van der Waals surface area contributed by atoms with Gasteiger partial charge >= 0.3 is 0 Å². The van der Waals surface area contributed by atoms with E-state index in [1.807, 2.05) is 13.0 Å². The van der Waals surface area contributed by atoms with Gasteiger partial charge in [-0.1, -0.05) is 5.21 Å². The van der Waals surface area contributed by atoms with E-state index in [9.17, 15) is 10.1 Å². The lowest BCUT2D eigenvalue weighted by molar-refractivity contribution is -0.758. The van der Waals surface area contributed by atoms with Crippen LogP contribution in [0.3, 0.4) is 0 Å². The first-order valence-electron chi connectivity index (χ1n) is 6.64. The third-order valence-corrected chi connectivity index (χ3v) is 4.28. The molecule has 3 aromatic heterocycles. The molecule has 0 N–H and O–H groups in total. The summed E-state index contributed by atoms with van der Waals surface area (Å²) >= 11 is 1.39. The highest BCUT2D eigenvalue weighted by molar-refractivity contribution is 7.09. The molecule has 0 amide bonds. The van der Waals surface area contributed by atoms with Gasteiger partial charge < -0.3 is 4.84 Å². The number of nitrogens with zero attached hydrogens (tertiary/aromatic N) is 6. The summed E-state index contributed by atoms with van der Waals surface area (Å²) in [5.74, 6) is 0. The van der Waals surface area contributed by atoms with Crippen molar-refractivity contribution in [2.24, 2.45) is 0 Å². The van der Waals surface area contributed by atoms with Crippen molar-refractivity contribution in [3.8, 4) is 11.3 Å². The Morgan fingerprint density at radius 3 is 3.00 bits per heavy atom. The Morgan fingerprint density at radius 1 is 1.48 bits per heavy atom. The van der Waals surface area contributed by atoms with Crippen LogP contribution in [-0.2, 0) is 4.84 Å². The molecular weight excluding hydrogens is 320 g/mol. The number of aryl methyl sites for hydroxylation is 1. The van der Waals surface area contributed by atoms with Gasteiger partial charge in [-0.15, -0.1) is 26.5 Å². The van der Waals surface area contributed by atoms with Crippen molar-refractivity contribution in [2.45, 2.75) is 13.0 Å². The highest BCUT2D eigenvalue weighted by Crippen LogP contribution is 2.29. The molecule has 0 radical (unpaired) electrons. The zero-order valence-electron chi connectivity index (χ0n) is 12.1. The average Bonchev–Trinajstić information content (AvgIpc) is 3.18. The van der Waals surface area contributed by atoms with Crippen LogP contribution in [0.15, 0.2) is 36.2 Å². The predicted molar refractivity (Wildman–Crippen MR) is 81.2 cm³/mol. The molecule has 0 aliphatic rings. The standard InChI is InChI=1S/C13H12N6O3S/c1-9-13(23-8-15-9)12(7-22-19(20)21)18-11(6-16-17-18)10-3-2-4-14-5-10/h2-6,8,12H,7H2,1H3. The number of hydrogen-bond acceptors (Lipinski definition) is 8. The summed E-state index contributed by atoms with van der Waals surface area (Å²) in [6, 6.07) is 3.17. The molecule has 10 heteroatoms. The van der Waals surface area contributed by atoms with E-state index >= 15 is 0 Å². The van der Waals surface area contributed by atoms with E-state index in [1.54, 1.807) is 34.8 Å². The molecule has 0 saturated heterocycles. The van der Waals surface area contributed by atoms with Crippen molar-refractivity contribution in [1.29, 1.82) is 0 Å². The van der Waals surface area contributed by atoms with Gasteiger partial charge in [-0.05, 0) is 19.1 Å². The SMILES string of the molecule is Cc1ncsc1C(CO[N+](=O)[O-])n1nncc1-c1cccnc1. The minimum absolute atomic E-state index is 0.174. The Morgan fingerprint density at radius 2 is 2.35 bits per heavy atom.